The van der Waals surface area contributed by atoms with Crippen molar-refractivity contribution < 1.29 is 11.0 Å². The van der Waals surface area contributed by atoms with Crippen molar-refractivity contribution in [2.75, 3.05) is 0 Å². The Morgan fingerprint density at radius 3 is 1.60 bits per heavy atom. The second-order valence-corrected chi connectivity index (χ2v) is 2.23. The molecule has 0 saturated heterocycles. The third kappa shape index (κ3) is 2.10. The Kier molecular flexibility index (Phi) is 1.07. The van der Waals surface area contributed by atoms with E-state index in [2.05, 4.69) is 31.9 Å². The summed E-state index contributed by atoms with van der Waals surface area (Å²) in [5.74, 6) is 0. The molecule has 1 aromatic carbocycles. The summed E-state index contributed by atoms with van der Waals surface area (Å²) in [6.07, 6.45) is 0. The summed E-state index contributed by atoms with van der Waals surface area (Å²) in [6.45, 7) is 0. The molecule has 0 atom stereocenters. The first-order valence-corrected chi connectivity index (χ1v) is 3.96. The quantitative estimate of drug-likeness (QED) is 0.723. The molecule has 54 valence electrons. The van der Waals surface area contributed by atoms with Crippen LogP contribution in [0.4, 0.5) is 0 Å². The number of hydrogen-bond donors (Lipinski definition) is 0. The fraction of sp³-hybridized carbons (Fsp3) is 0.250. The molecule has 0 radical (unpaired) electrons. The Morgan fingerprint density at radius 2 is 1.40 bits per heavy atom. The van der Waals surface area contributed by atoms with Crippen molar-refractivity contribution in [2.45, 2.75) is 10.6 Å². The summed E-state index contributed by atoms with van der Waals surface area (Å²) in [7, 11) is 0. The van der Waals surface area contributed by atoms with Gasteiger partial charge in [-0.2, -0.15) is 0 Å². The molecular weight excluding hydrogens is 256 g/mol. The van der Waals surface area contributed by atoms with E-state index in [1.165, 1.54) is 0 Å². The normalized spacial score (nSPS) is 24.2. The SMILES string of the molecule is [2H]c1c([2H])c(C([2H])([2H])Br)c([2H])c([2H])c1C([2H])([2H])Br. The first-order chi connectivity index (χ1) is 7.89. The van der Waals surface area contributed by atoms with E-state index < -0.39 is 45.9 Å². The minimum absolute atomic E-state index is 0.446. The molecule has 10 heavy (non-hydrogen) atoms. The highest BCUT2D eigenvalue weighted by Crippen LogP contribution is 2.09. The minimum Gasteiger partial charge on any atom is -0.0876 e. The zero-order chi connectivity index (χ0) is 14.5. The lowest BCUT2D eigenvalue weighted by Crippen LogP contribution is -1.78. The van der Waals surface area contributed by atoms with E-state index in [-0.39, 0.29) is 0 Å². The summed E-state index contributed by atoms with van der Waals surface area (Å²) in [6, 6.07) is -2.40. The van der Waals surface area contributed by atoms with Crippen LogP contribution < -0.4 is 0 Å². The minimum atomic E-state index is -2.22. The van der Waals surface area contributed by atoms with Gasteiger partial charge in [-0.15, -0.1) is 0 Å². The zero-order valence-electron chi connectivity index (χ0n) is 12.8. The van der Waals surface area contributed by atoms with Gasteiger partial charge in [-0.1, -0.05) is 56.0 Å². The molecule has 0 aromatic heterocycles. The average molecular weight is 272 g/mol. The van der Waals surface area contributed by atoms with Gasteiger partial charge in [0.1, 0.15) is 0 Å². The topological polar surface area (TPSA) is 0 Å². The zero-order valence-corrected chi connectivity index (χ0v) is 7.93. The van der Waals surface area contributed by atoms with Gasteiger partial charge in [-0.05, 0) is 11.1 Å². The molecule has 0 aliphatic heterocycles. The second-order valence-electron chi connectivity index (χ2n) is 1.44. The smallest absolute Gasteiger partial charge is 0.0626 e. The lowest BCUT2D eigenvalue weighted by molar-refractivity contribution is 1.36. The Hall–Kier alpha value is 0.180. The van der Waals surface area contributed by atoms with E-state index >= 15 is 0 Å². The Balaban J connectivity index is 3.79. The van der Waals surface area contributed by atoms with Gasteiger partial charge < -0.3 is 0 Å². The highest BCUT2D eigenvalue weighted by molar-refractivity contribution is 9.08. The predicted octanol–water partition coefficient (Wildman–Crippen LogP) is 3.48. The van der Waals surface area contributed by atoms with Gasteiger partial charge in [0.15, 0.2) is 0 Å². The van der Waals surface area contributed by atoms with Gasteiger partial charge in [-0.25, -0.2) is 0 Å². The van der Waals surface area contributed by atoms with E-state index in [1.807, 2.05) is 0 Å². The predicted molar refractivity (Wildman–Crippen MR) is 51.7 cm³/mol. The van der Waals surface area contributed by atoms with Crippen LogP contribution >= 0.6 is 31.9 Å². The summed E-state index contributed by atoms with van der Waals surface area (Å²) < 4.78 is 60.4. The van der Waals surface area contributed by atoms with E-state index in [9.17, 15) is 0 Å². The molecule has 0 unspecified atom stereocenters. The van der Waals surface area contributed by atoms with Gasteiger partial charge in [-0.3, -0.25) is 0 Å². The molecule has 0 heterocycles. The van der Waals surface area contributed by atoms with Crippen LogP contribution in [0.15, 0.2) is 24.2 Å². The van der Waals surface area contributed by atoms with Crippen molar-refractivity contribution in [1.82, 2.24) is 0 Å². The lowest BCUT2D eigenvalue weighted by Gasteiger charge is -1.96. The molecule has 0 fully saturated rings. The highest BCUT2D eigenvalue weighted by Gasteiger charge is 1.89. The largest absolute Gasteiger partial charge is 0.0876 e. The Labute approximate surface area is 89.1 Å². The van der Waals surface area contributed by atoms with Crippen LogP contribution in [0.1, 0.15) is 22.1 Å². The monoisotopic (exact) mass is 270 g/mol. The van der Waals surface area contributed by atoms with E-state index in [0.29, 0.717) is 0 Å². The maximum Gasteiger partial charge on any atom is 0.0626 e. The Morgan fingerprint density at radius 1 is 1.10 bits per heavy atom. The maximum atomic E-state index is 7.66. The number of rotatable bonds is 2. The van der Waals surface area contributed by atoms with Gasteiger partial charge in [0.25, 0.3) is 0 Å². The number of halogens is 2. The van der Waals surface area contributed by atoms with E-state index in [0.717, 1.165) is 0 Å². The molecule has 1 rings (SSSR count). The molecule has 0 saturated carbocycles. The van der Waals surface area contributed by atoms with E-state index in [4.69, 9.17) is 11.0 Å². The molecule has 1 aromatic rings. The average Bonchev–Trinajstić information content (AvgIpc) is 2.10. The molecule has 0 aliphatic rings. The van der Waals surface area contributed by atoms with Crippen molar-refractivity contribution in [2.24, 2.45) is 0 Å². The van der Waals surface area contributed by atoms with Crippen molar-refractivity contribution >= 4 is 31.9 Å². The van der Waals surface area contributed by atoms with Gasteiger partial charge in [0, 0.05) is 16.0 Å². The Bertz CT molecular complexity index is 413. The molecule has 2 heteroatoms. The molecule has 0 spiro atoms. The van der Waals surface area contributed by atoms with Crippen LogP contribution in [-0.2, 0) is 10.6 Å². The molecular formula is C8H8Br2. The standard InChI is InChI=1S/C8H8Br2/c9-5-7-1-2-8(6-10)4-3-7/h1-4H,5-6H2/i1D,2D,3D,4D,5D2,6D2. The molecule has 0 amide bonds. The third-order valence-corrected chi connectivity index (χ3v) is 1.61. The van der Waals surface area contributed by atoms with Crippen molar-refractivity contribution in [3.05, 3.63) is 35.3 Å². The molecule has 0 bridgehead atoms. The molecule has 0 nitrogen and oxygen atoms in total. The second kappa shape index (κ2) is 4.14. The van der Waals surface area contributed by atoms with E-state index in [1.54, 1.807) is 0 Å². The molecule has 0 N–H and O–H groups in total. The number of alkyl halides is 2. The first kappa shape index (κ1) is 2.60. The molecule has 0 aliphatic carbocycles. The van der Waals surface area contributed by atoms with Crippen LogP contribution in [0.2, 0.25) is 0 Å². The number of benzene rings is 1. The fourth-order valence-corrected chi connectivity index (χ4v) is 0.803. The maximum absolute atomic E-state index is 7.66. The summed E-state index contributed by atoms with van der Waals surface area (Å²) in [5, 5.41) is -4.44. The van der Waals surface area contributed by atoms with Crippen molar-refractivity contribution in [3.8, 4) is 0 Å². The van der Waals surface area contributed by atoms with Crippen molar-refractivity contribution in [3.63, 3.8) is 0 Å². The van der Waals surface area contributed by atoms with Crippen LogP contribution in [0.5, 0.6) is 0 Å². The fourth-order valence-electron chi connectivity index (χ4n) is 0.407. The van der Waals surface area contributed by atoms with Gasteiger partial charge in [0.2, 0.25) is 0 Å². The third-order valence-electron chi connectivity index (χ3n) is 0.814. The van der Waals surface area contributed by atoms with Crippen LogP contribution in [0, 0.1) is 0 Å². The number of hydrogen-bond acceptors (Lipinski definition) is 0. The summed E-state index contributed by atoms with van der Waals surface area (Å²) >= 11 is 5.31. The summed E-state index contributed by atoms with van der Waals surface area (Å²) in [5.41, 5.74) is -0.893. The van der Waals surface area contributed by atoms with Crippen LogP contribution in [0.25, 0.3) is 0 Å². The van der Waals surface area contributed by atoms with Crippen molar-refractivity contribution in [1.29, 1.82) is 0 Å². The lowest BCUT2D eigenvalue weighted by atomic mass is 10.2. The van der Waals surface area contributed by atoms with Crippen LogP contribution in [-0.4, -0.2) is 0 Å². The first-order valence-electron chi connectivity index (χ1n) is 6.38. The van der Waals surface area contributed by atoms with Gasteiger partial charge >= 0.3 is 0 Å². The van der Waals surface area contributed by atoms with Gasteiger partial charge in [0.05, 0.1) is 5.48 Å². The van der Waals surface area contributed by atoms with Crippen LogP contribution in [0.3, 0.4) is 0 Å². The summed E-state index contributed by atoms with van der Waals surface area (Å²) in [4.78, 5) is 0. The highest BCUT2D eigenvalue weighted by atomic mass is 79.9.